The van der Waals surface area contributed by atoms with E-state index in [4.69, 9.17) is 4.98 Å². The Labute approximate surface area is 173 Å². The summed E-state index contributed by atoms with van der Waals surface area (Å²) in [5.41, 5.74) is 1.92. The number of hydrogen-bond donors (Lipinski definition) is 1. The lowest BCUT2D eigenvalue weighted by atomic mass is 9.86. The highest BCUT2D eigenvalue weighted by atomic mass is 16.2. The summed E-state index contributed by atoms with van der Waals surface area (Å²) < 4.78 is 0. The van der Waals surface area contributed by atoms with Gasteiger partial charge in [0.05, 0.1) is 11.3 Å². The van der Waals surface area contributed by atoms with E-state index in [0.29, 0.717) is 18.5 Å². The van der Waals surface area contributed by atoms with Gasteiger partial charge in [-0.1, -0.05) is 6.92 Å². The Morgan fingerprint density at radius 3 is 2.62 bits per heavy atom. The predicted molar refractivity (Wildman–Crippen MR) is 112 cm³/mol. The molecule has 0 bridgehead atoms. The Hall–Kier alpha value is -1.69. The van der Waals surface area contributed by atoms with Gasteiger partial charge in [-0.15, -0.1) is 0 Å². The van der Waals surface area contributed by atoms with E-state index in [9.17, 15) is 9.59 Å². The van der Waals surface area contributed by atoms with Crippen LogP contribution >= 0.6 is 0 Å². The number of aromatic amines is 1. The maximum absolute atomic E-state index is 12.9. The lowest BCUT2D eigenvalue weighted by Crippen LogP contribution is -2.44. The first-order valence-corrected chi connectivity index (χ1v) is 11.7. The number of carbonyl (C=O) groups is 1. The third-order valence-corrected chi connectivity index (χ3v) is 7.66. The van der Waals surface area contributed by atoms with Crippen LogP contribution in [0.5, 0.6) is 0 Å². The van der Waals surface area contributed by atoms with E-state index in [-0.39, 0.29) is 17.4 Å². The number of carbonyl (C=O) groups excluding carboxylic acids is 1. The summed E-state index contributed by atoms with van der Waals surface area (Å²) in [5.74, 6) is 2.40. The van der Waals surface area contributed by atoms with Crippen molar-refractivity contribution >= 4 is 5.91 Å². The first-order chi connectivity index (χ1) is 14.1. The number of rotatable bonds is 3. The SMILES string of the molecule is CC1CCC(N2CCc3nc([C@H]4CCCN(C(=O)C5CC5)C4)[nH]c(=O)c3C2)CC1. The van der Waals surface area contributed by atoms with Crippen LogP contribution in [0.25, 0.3) is 0 Å². The minimum Gasteiger partial charge on any atom is -0.342 e. The molecule has 2 aliphatic heterocycles. The van der Waals surface area contributed by atoms with Crippen LogP contribution in [0.4, 0.5) is 0 Å². The molecule has 4 aliphatic rings. The molecule has 0 aromatic carbocycles. The fourth-order valence-electron chi connectivity index (χ4n) is 5.57. The Kier molecular flexibility index (Phi) is 5.23. The van der Waals surface area contributed by atoms with Crippen molar-refractivity contribution in [3.8, 4) is 0 Å². The maximum Gasteiger partial charge on any atom is 0.255 e. The van der Waals surface area contributed by atoms with Crippen molar-refractivity contribution in [3.05, 3.63) is 27.4 Å². The summed E-state index contributed by atoms with van der Waals surface area (Å²) in [4.78, 5) is 38.0. The number of fused-ring (bicyclic) bond motifs is 1. The highest BCUT2D eigenvalue weighted by Gasteiger charge is 2.36. The zero-order valence-corrected chi connectivity index (χ0v) is 17.7. The van der Waals surface area contributed by atoms with Crippen molar-refractivity contribution < 1.29 is 4.79 Å². The molecule has 3 fully saturated rings. The van der Waals surface area contributed by atoms with Gasteiger partial charge in [-0.25, -0.2) is 4.98 Å². The summed E-state index contributed by atoms with van der Waals surface area (Å²) in [7, 11) is 0. The highest BCUT2D eigenvalue weighted by molar-refractivity contribution is 5.81. The number of hydrogen-bond acceptors (Lipinski definition) is 4. The minimum absolute atomic E-state index is 0.0459. The van der Waals surface area contributed by atoms with E-state index in [0.717, 1.165) is 74.7 Å². The molecule has 5 rings (SSSR count). The number of nitrogens with one attached hydrogen (secondary N) is 1. The fourth-order valence-corrected chi connectivity index (χ4v) is 5.57. The molecule has 2 saturated carbocycles. The Morgan fingerprint density at radius 1 is 1.07 bits per heavy atom. The number of aromatic nitrogens is 2. The van der Waals surface area contributed by atoms with Crippen LogP contribution in [0.15, 0.2) is 4.79 Å². The molecule has 3 heterocycles. The van der Waals surface area contributed by atoms with Gasteiger partial charge in [0.2, 0.25) is 5.91 Å². The molecule has 1 aromatic rings. The zero-order valence-electron chi connectivity index (χ0n) is 17.7. The zero-order chi connectivity index (χ0) is 20.0. The van der Waals surface area contributed by atoms with E-state index in [1.165, 1.54) is 25.7 Å². The van der Waals surface area contributed by atoms with Crippen LogP contribution in [0.1, 0.15) is 81.3 Å². The molecule has 1 atom stereocenters. The lowest BCUT2D eigenvalue weighted by molar-refractivity contribution is -0.133. The average Bonchev–Trinajstić information content (AvgIpc) is 3.59. The topological polar surface area (TPSA) is 69.3 Å². The van der Waals surface area contributed by atoms with Gasteiger partial charge in [0.1, 0.15) is 5.82 Å². The Balaban J connectivity index is 1.30. The first kappa shape index (κ1) is 19.3. The number of H-pyrrole nitrogens is 1. The summed E-state index contributed by atoms with van der Waals surface area (Å²) in [6, 6.07) is 0.624. The maximum atomic E-state index is 12.9. The van der Waals surface area contributed by atoms with E-state index in [2.05, 4.69) is 16.8 Å². The molecule has 1 aromatic heterocycles. The van der Waals surface area contributed by atoms with Crippen molar-refractivity contribution in [2.24, 2.45) is 11.8 Å². The van der Waals surface area contributed by atoms with Crippen LogP contribution in [0.3, 0.4) is 0 Å². The Bertz CT molecular complexity index is 823. The lowest BCUT2D eigenvalue weighted by Gasteiger charge is -2.38. The van der Waals surface area contributed by atoms with Crippen LogP contribution in [-0.2, 0) is 17.8 Å². The van der Waals surface area contributed by atoms with Gasteiger partial charge < -0.3 is 9.88 Å². The number of likely N-dealkylation sites (tertiary alicyclic amines) is 1. The number of piperidine rings is 1. The largest absolute Gasteiger partial charge is 0.342 e. The summed E-state index contributed by atoms with van der Waals surface area (Å²) >= 11 is 0. The summed E-state index contributed by atoms with van der Waals surface area (Å²) in [5, 5.41) is 0. The fraction of sp³-hybridized carbons (Fsp3) is 0.783. The quantitative estimate of drug-likeness (QED) is 0.850. The molecule has 29 heavy (non-hydrogen) atoms. The molecule has 0 spiro atoms. The van der Waals surface area contributed by atoms with Gasteiger partial charge in [0.25, 0.3) is 5.56 Å². The molecule has 6 nitrogen and oxygen atoms in total. The normalized spacial score (nSPS) is 30.8. The molecule has 158 valence electrons. The molecule has 2 aliphatic carbocycles. The smallest absolute Gasteiger partial charge is 0.255 e. The van der Waals surface area contributed by atoms with Crippen LogP contribution in [0.2, 0.25) is 0 Å². The molecular weight excluding hydrogens is 364 g/mol. The van der Waals surface area contributed by atoms with Crippen LogP contribution in [0, 0.1) is 11.8 Å². The van der Waals surface area contributed by atoms with Gasteiger partial charge in [-0.3, -0.25) is 14.5 Å². The summed E-state index contributed by atoms with van der Waals surface area (Å²) in [6.07, 6.45) is 10.1. The van der Waals surface area contributed by atoms with Gasteiger partial charge in [-0.05, 0) is 57.3 Å². The van der Waals surface area contributed by atoms with Crippen molar-refractivity contribution in [2.45, 2.75) is 83.2 Å². The highest BCUT2D eigenvalue weighted by Crippen LogP contribution is 2.34. The van der Waals surface area contributed by atoms with Crippen LogP contribution in [-0.4, -0.2) is 51.4 Å². The van der Waals surface area contributed by atoms with Gasteiger partial charge in [0.15, 0.2) is 0 Å². The van der Waals surface area contributed by atoms with E-state index < -0.39 is 0 Å². The van der Waals surface area contributed by atoms with Crippen molar-refractivity contribution in [2.75, 3.05) is 19.6 Å². The van der Waals surface area contributed by atoms with Crippen molar-refractivity contribution in [1.82, 2.24) is 19.8 Å². The van der Waals surface area contributed by atoms with Crippen molar-refractivity contribution in [1.29, 1.82) is 0 Å². The van der Waals surface area contributed by atoms with E-state index in [1.807, 2.05) is 4.90 Å². The molecule has 6 heteroatoms. The second-order valence-corrected chi connectivity index (χ2v) is 9.91. The standard InChI is InChI=1S/C23H34N4O2/c1-15-4-8-18(9-5-15)26-12-10-20-19(14-26)22(28)25-21(24-20)17-3-2-11-27(13-17)23(29)16-6-7-16/h15-18H,2-14H2,1H3,(H,24,25,28)/t15?,17-,18?/m0/s1. The van der Waals surface area contributed by atoms with Crippen LogP contribution < -0.4 is 5.56 Å². The van der Waals surface area contributed by atoms with Gasteiger partial charge >= 0.3 is 0 Å². The van der Waals surface area contributed by atoms with Crippen molar-refractivity contribution in [3.63, 3.8) is 0 Å². The van der Waals surface area contributed by atoms with Gasteiger partial charge in [-0.2, -0.15) is 0 Å². The molecule has 1 saturated heterocycles. The molecule has 1 amide bonds. The molecule has 1 N–H and O–H groups in total. The van der Waals surface area contributed by atoms with E-state index in [1.54, 1.807) is 0 Å². The molecule has 0 radical (unpaired) electrons. The average molecular weight is 399 g/mol. The second-order valence-electron chi connectivity index (χ2n) is 9.91. The van der Waals surface area contributed by atoms with Gasteiger partial charge in [0, 0.05) is 50.5 Å². The third kappa shape index (κ3) is 4.00. The molecule has 0 unspecified atom stereocenters. The van der Waals surface area contributed by atoms with E-state index >= 15 is 0 Å². The first-order valence-electron chi connectivity index (χ1n) is 11.7. The molecular formula is C23H34N4O2. The monoisotopic (exact) mass is 398 g/mol. The third-order valence-electron chi connectivity index (χ3n) is 7.66. The second kappa shape index (κ2) is 7.86. The number of nitrogens with zero attached hydrogens (tertiary/aromatic N) is 3. The Morgan fingerprint density at radius 2 is 1.86 bits per heavy atom. The predicted octanol–water partition coefficient (Wildman–Crippen LogP) is 2.82. The number of amides is 1. The minimum atomic E-state index is 0.0459. The summed E-state index contributed by atoms with van der Waals surface area (Å²) in [6.45, 7) is 5.68.